The Morgan fingerprint density at radius 2 is 1.74 bits per heavy atom. The smallest absolute Gasteiger partial charge is 0.240 e. The minimum absolute atomic E-state index is 0.00246. The number of anilines is 1. The first-order valence-electron chi connectivity index (χ1n) is 10.4. The number of carbonyl (C=O) groups is 2. The molecule has 0 spiro atoms. The maximum Gasteiger partial charge on any atom is 0.240 e. The lowest BCUT2D eigenvalue weighted by Crippen LogP contribution is -2.20. The van der Waals surface area contributed by atoms with E-state index >= 15 is 0 Å². The number of methoxy groups -OCH3 is 1. The van der Waals surface area contributed by atoms with E-state index in [0.29, 0.717) is 27.8 Å². The molecular formula is C25H23BrClN3O4. The number of carbonyl (C=O) groups excluding carboxylic acids is 2. The fourth-order valence-corrected chi connectivity index (χ4v) is 3.51. The lowest BCUT2D eigenvalue weighted by atomic mass is 10.2. The SMILES string of the molecule is COc1ccccc1NC(=O)CCC(=O)NN=Cc1cc(Br)ccc1OCc1ccccc1Cl. The van der Waals surface area contributed by atoms with Crippen LogP contribution in [0.1, 0.15) is 24.0 Å². The molecule has 0 aliphatic heterocycles. The Hall–Kier alpha value is -3.36. The third-order valence-corrected chi connectivity index (χ3v) is 5.53. The second-order valence-electron chi connectivity index (χ2n) is 7.10. The summed E-state index contributed by atoms with van der Waals surface area (Å²) >= 11 is 9.61. The number of benzene rings is 3. The van der Waals surface area contributed by atoms with Crippen molar-refractivity contribution < 1.29 is 19.1 Å². The average molecular weight is 545 g/mol. The number of nitrogens with one attached hydrogen (secondary N) is 2. The van der Waals surface area contributed by atoms with Crippen LogP contribution in [0.4, 0.5) is 5.69 Å². The van der Waals surface area contributed by atoms with E-state index in [2.05, 4.69) is 31.8 Å². The van der Waals surface area contributed by atoms with Gasteiger partial charge in [0.2, 0.25) is 11.8 Å². The lowest BCUT2D eigenvalue weighted by molar-refractivity contribution is -0.124. The van der Waals surface area contributed by atoms with Gasteiger partial charge in [-0.3, -0.25) is 9.59 Å². The second kappa shape index (κ2) is 12.8. The van der Waals surface area contributed by atoms with Crippen LogP contribution in [-0.2, 0) is 16.2 Å². The minimum Gasteiger partial charge on any atom is -0.495 e. The number of nitrogens with zero attached hydrogens (tertiary/aromatic N) is 1. The van der Waals surface area contributed by atoms with E-state index in [1.807, 2.05) is 30.3 Å². The predicted molar refractivity (Wildman–Crippen MR) is 137 cm³/mol. The maximum atomic E-state index is 12.2. The summed E-state index contributed by atoms with van der Waals surface area (Å²) in [6, 6.07) is 20.0. The van der Waals surface area contributed by atoms with Crippen LogP contribution in [0.3, 0.4) is 0 Å². The molecule has 7 nitrogen and oxygen atoms in total. The van der Waals surface area contributed by atoms with E-state index in [9.17, 15) is 9.59 Å². The highest BCUT2D eigenvalue weighted by Gasteiger charge is 2.10. The topological polar surface area (TPSA) is 89.0 Å². The first-order chi connectivity index (χ1) is 16.5. The van der Waals surface area contributed by atoms with E-state index < -0.39 is 0 Å². The molecule has 3 aromatic rings. The molecule has 0 unspecified atom stereocenters. The van der Waals surface area contributed by atoms with Crippen molar-refractivity contribution in [3.63, 3.8) is 0 Å². The first kappa shape index (κ1) is 25.3. The highest BCUT2D eigenvalue weighted by Crippen LogP contribution is 2.25. The Morgan fingerprint density at radius 1 is 1.00 bits per heavy atom. The number of ether oxygens (including phenoxy) is 2. The third-order valence-electron chi connectivity index (χ3n) is 4.67. The van der Waals surface area contributed by atoms with Gasteiger partial charge in [-0.25, -0.2) is 5.43 Å². The molecule has 0 radical (unpaired) electrons. The molecule has 2 amide bonds. The van der Waals surface area contributed by atoms with Crippen molar-refractivity contribution in [1.29, 1.82) is 0 Å². The molecule has 0 aromatic heterocycles. The molecule has 34 heavy (non-hydrogen) atoms. The molecule has 0 bridgehead atoms. The van der Waals surface area contributed by atoms with Gasteiger partial charge in [0.15, 0.2) is 0 Å². The van der Waals surface area contributed by atoms with E-state index in [1.54, 1.807) is 36.4 Å². The zero-order valence-electron chi connectivity index (χ0n) is 18.4. The Kier molecular flexibility index (Phi) is 9.49. The minimum atomic E-state index is -0.389. The highest BCUT2D eigenvalue weighted by atomic mass is 79.9. The molecule has 0 aliphatic rings. The number of para-hydroxylation sites is 2. The van der Waals surface area contributed by atoms with E-state index in [0.717, 1.165) is 10.0 Å². The molecule has 3 aromatic carbocycles. The van der Waals surface area contributed by atoms with Gasteiger partial charge in [0, 0.05) is 33.5 Å². The van der Waals surface area contributed by atoms with Gasteiger partial charge in [-0.05, 0) is 36.4 Å². The van der Waals surface area contributed by atoms with Crippen molar-refractivity contribution in [3.05, 3.63) is 87.4 Å². The van der Waals surface area contributed by atoms with Crippen LogP contribution >= 0.6 is 27.5 Å². The number of hydrogen-bond donors (Lipinski definition) is 2. The van der Waals surface area contributed by atoms with Crippen LogP contribution in [0.5, 0.6) is 11.5 Å². The van der Waals surface area contributed by atoms with Gasteiger partial charge in [0.1, 0.15) is 18.1 Å². The standard InChI is InChI=1S/C25H23BrClN3O4/c1-33-23-9-5-4-8-21(23)29-24(31)12-13-25(32)30-28-15-18-14-19(26)10-11-22(18)34-16-17-6-2-3-7-20(17)27/h2-11,14-15H,12-13,16H2,1H3,(H,29,31)(H,30,32). The van der Waals surface area contributed by atoms with E-state index in [-0.39, 0.29) is 31.3 Å². The number of hydrazone groups is 1. The van der Waals surface area contributed by atoms with Crippen molar-refractivity contribution in [2.24, 2.45) is 5.10 Å². The molecule has 9 heteroatoms. The summed E-state index contributed by atoms with van der Waals surface area (Å²) in [5.41, 5.74) is 4.50. The summed E-state index contributed by atoms with van der Waals surface area (Å²) in [6.07, 6.45) is 1.47. The molecule has 0 fully saturated rings. The zero-order chi connectivity index (χ0) is 24.3. The van der Waals surface area contributed by atoms with Gasteiger partial charge < -0.3 is 14.8 Å². The van der Waals surface area contributed by atoms with Gasteiger partial charge in [0.25, 0.3) is 0 Å². The summed E-state index contributed by atoms with van der Waals surface area (Å²) in [5.74, 6) is 0.439. The molecule has 176 valence electrons. The van der Waals surface area contributed by atoms with Gasteiger partial charge in [0.05, 0.1) is 19.0 Å². The van der Waals surface area contributed by atoms with Crippen LogP contribution in [0.15, 0.2) is 76.3 Å². The summed E-state index contributed by atoms with van der Waals surface area (Å²) < 4.78 is 11.9. The van der Waals surface area contributed by atoms with Crippen LogP contribution in [0.2, 0.25) is 5.02 Å². The molecule has 0 heterocycles. The zero-order valence-corrected chi connectivity index (χ0v) is 20.7. The molecule has 0 aliphatic carbocycles. The molecule has 2 N–H and O–H groups in total. The fourth-order valence-electron chi connectivity index (χ4n) is 2.94. The predicted octanol–water partition coefficient (Wildman–Crippen LogP) is 5.56. The van der Waals surface area contributed by atoms with Crippen LogP contribution in [0.25, 0.3) is 0 Å². The van der Waals surface area contributed by atoms with Gasteiger partial charge in [-0.15, -0.1) is 0 Å². The Balaban J connectivity index is 1.52. The number of hydrogen-bond acceptors (Lipinski definition) is 5. The summed E-state index contributed by atoms with van der Waals surface area (Å²) in [5, 5.41) is 7.35. The highest BCUT2D eigenvalue weighted by molar-refractivity contribution is 9.10. The third kappa shape index (κ3) is 7.60. The Morgan fingerprint density at radius 3 is 2.53 bits per heavy atom. The van der Waals surface area contributed by atoms with Gasteiger partial charge >= 0.3 is 0 Å². The van der Waals surface area contributed by atoms with Crippen molar-refractivity contribution in [2.75, 3.05) is 12.4 Å². The number of halogens is 2. The van der Waals surface area contributed by atoms with Crippen molar-refractivity contribution >= 4 is 51.2 Å². The Labute approximate surface area is 211 Å². The van der Waals surface area contributed by atoms with Crippen LogP contribution in [0, 0.1) is 0 Å². The van der Waals surface area contributed by atoms with Crippen molar-refractivity contribution in [2.45, 2.75) is 19.4 Å². The van der Waals surface area contributed by atoms with Crippen LogP contribution in [-0.4, -0.2) is 25.1 Å². The largest absolute Gasteiger partial charge is 0.495 e. The maximum absolute atomic E-state index is 12.2. The molecular weight excluding hydrogens is 522 g/mol. The normalized spacial score (nSPS) is 10.7. The van der Waals surface area contributed by atoms with E-state index in [1.165, 1.54) is 13.3 Å². The summed E-state index contributed by atoms with van der Waals surface area (Å²) in [4.78, 5) is 24.3. The molecule has 3 rings (SSSR count). The van der Waals surface area contributed by atoms with Gasteiger partial charge in [-0.2, -0.15) is 5.10 Å². The van der Waals surface area contributed by atoms with E-state index in [4.69, 9.17) is 21.1 Å². The summed E-state index contributed by atoms with van der Waals surface area (Å²) in [6.45, 7) is 0.288. The first-order valence-corrected chi connectivity index (χ1v) is 11.5. The van der Waals surface area contributed by atoms with Crippen molar-refractivity contribution in [3.8, 4) is 11.5 Å². The quantitative estimate of drug-likeness (QED) is 0.258. The second-order valence-corrected chi connectivity index (χ2v) is 8.43. The number of amides is 2. The lowest BCUT2D eigenvalue weighted by Gasteiger charge is -2.11. The van der Waals surface area contributed by atoms with Gasteiger partial charge in [-0.1, -0.05) is 57.9 Å². The Bertz CT molecular complexity index is 1190. The summed E-state index contributed by atoms with van der Waals surface area (Å²) in [7, 11) is 1.52. The van der Waals surface area contributed by atoms with Crippen molar-refractivity contribution in [1.82, 2.24) is 5.43 Å². The molecule has 0 saturated carbocycles. The monoisotopic (exact) mass is 543 g/mol. The van der Waals surface area contributed by atoms with Crippen LogP contribution < -0.4 is 20.2 Å². The number of rotatable bonds is 10. The fraction of sp³-hybridized carbons (Fsp3) is 0.160. The molecule has 0 saturated heterocycles. The average Bonchev–Trinajstić information content (AvgIpc) is 2.83. The molecule has 0 atom stereocenters.